The number of rotatable bonds is 12. The highest BCUT2D eigenvalue weighted by Crippen LogP contribution is 2.13. The van der Waals surface area contributed by atoms with Gasteiger partial charge in [-0.15, -0.1) is 0 Å². The molecule has 1 heterocycles. The zero-order valence-electron chi connectivity index (χ0n) is 14.1. The van der Waals surface area contributed by atoms with Gasteiger partial charge in [-0.25, -0.2) is 0 Å². The standard InChI is InChI=1S/C18H38N2/c1-3-5-6-7-8-9-10-11-15-20-16-12-13-18(17-20)19-14-4-2/h18-19H,3-17H2,1-2H3. The van der Waals surface area contributed by atoms with Crippen molar-refractivity contribution in [3.05, 3.63) is 0 Å². The molecule has 1 N–H and O–H groups in total. The Morgan fingerprint density at radius 2 is 1.60 bits per heavy atom. The Morgan fingerprint density at radius 1 is 0.900 bits per heavy atom. The molecule has 1 unspecified atom stereocenters. The number of likely N-dealkylation sites (tertiary alicyclic amines) is 1. The molecule has 2 nitrogen and oxygen atoms in total. The molecule has 0 aliphatic carbocycles. The van der Waals surface area contributed by atoms with E-state index in [-0.39, 0.29) is 0 Å². The maximum Gasteiger partial charge on any atom is 0.0195 e. The summed E-state index contributed by atoms with van der Waals surface area (Å²) in [6.07, 6.45) is 15.5. The van der Waals surface area contributed by atoms with Crippen LogP contribution in [-0.2, 0) is 0 Å². The number of unbranched alkanes of at least 4 members (excludes halogenated alkanes) is 7. The summed E-state index contributed by atoms with van der Waals surface area (Å²) in [5.74, 6) is 0. The van der Waals surface area contributed by atoms with E-state index in [1.54, 1.807) is 0 Å². The fraction of sp³-hybridized carbons (Fsp3) is 1.00. The molecule has 1 aliphatic rings. The third kappa shape index (κ3) is 8.97. The quantitative estimate of drug-likeness (QED) is 0.527. The summed E-state index contributed by atoms with van der Waals surface area (Å²) in [7, 11) is 0. The smallest absolute Gasteiger partial charge is 0.0195 e. The van der Waals surface area contributed by atoms with Gasteiger partial charge in [0.1, 0.15) is 0 Å². The average molecular weight is 283 g/mol. The molecule has 1 aliphatic heterocycles. The molecule has 0 radical (unpaired) electrons. The first kappa shape index (κ1) is 18.0. The van der Waals surface area contributed by atoms with Gasteiger partial charge < -0.3 is 10.2 Å². The summed E-state index contributed by atoms with van der Waals surface area (Å²) in [6, 6.07) is 0.762. The van der Waals surface area contributed by atoms with Crippen molar-refractivity contribution in [3.63, 3.8) is 0 Å². The van der Waals surface area contributed by atoms with Crippen LogP contribution in [0.1, 0.15) is 84.5 Å². The molecule has 1 rings (SSSR count). The molecule has 0 aromatic heterocycles. The Morgan fingerprint density at radius 3 is 2.30 bits per heavy atom. The van der Waals surface area contributed by atoms with E-state index in [1.807, 2.05) is 0 Å². The van der Waals surface area contributed by atoms with Crippen molar-refractivity contribution in [1.82, 2.24) is 10.2 Å². The molecule has 1 atom stereocenters. The summed E-state index contributed by atoms with van der Waals surface area (Å²) in [5.41, 5.74) is 0. The maximum atomic E-state index is 3.69. The van der Waals surface area contributed by atoms with Crippen LogP contribution in [0.2, 0.25) is 0 Å². The highest BCUT2D eigenvalue weighted by atomic mass is 15.2. The zero-order chi connectivity index (χ0) is 14.5. The molecule has 0 spiro atoms. The second kappa shape index (κ2) is 12.6. The SMILES string of the molecule is CCCCCCCCCCN1CCCC(NCCC)C1. The fourth-order valence-corrected chi connectivity index (χ4v) is 3.24. The Kier molecular flexibility index (Phi) is 11.4. The van der Waals surface area contributed by atoms with E-state index in [1.165, 1.54) is 96.8 Å². The van der Waals surface area contributed by atoms with Gasteiger partial charge in [0.05, 0.1) is 0 Å². The van der Waals surface area contributed by atoms with E-state index in [4.69, 9.17) is 0 Å². The summed E-state index contributed by atoms with van der Waals surface area (Å²) >= 11 is 0. The van der Waals surface area contributed by atoms with E-state index in [0.717, 1.165) is 6.04 Å². The van der Waals surface area contributed by atoms with Crippen LogP contribution >= 0.6 is 0 Å². The van der Waals surface area contributed by atoms with Crippen LogP contribution < -0.4 is 5.32 Å². The highest BCUT2D eigenvalue weighted by molar-refractivity contribution is 4.77. The molecule has 0 bridgehead atoms. The first-order valence-electron chi connectivity index (χ1n) is 9.32. The van der Waals surface area contributed by atoms with Gasteiger partial charge in [-0.2, -0.15) is 0 Å². The third-order valence-electron chi connectivity index (χ3n) is 4.52. The second-order valence-electron chi connectivity index (χ2n) is 6.57. The Labute approximate surface area is 127 Å². The number of piperidine rings is 1. The van der Waals surface area contributed by atoms with Gasteiger partial charge in [-0.05, 0) is 45.3 Å². The molecule has 0 aromatic carbocycles. The van der Waals surface area contributed by atoms with Crippen molar-refractivity contribution >= 4 is 0 Å². The molecule has 2 heteroatoms. The van der Waals surface area contributed by atoms with Gasteiger partial charge in [-0.3, -0.25) is 0 Å². The van der Waals surface area contributed by atoms with Crippen molar-refractivity contribution < 1.29 is 0 Å². The molecule has 20 heavy (non-hydrogen) atoms. The Bertz CT molecular complexity index is 206. The van der Waals surface area contributed by atoms with Crippen molar-refractivity contribution in [2.75, 3.05) is 26.2 Å². The molecular weight excluding hydrogens is 244 g/mol. The Balaban J connectivity index is 1.93. The number of nitrogens with zero attached hydrogens (tertiary/aromatic N) is 1. The lowest BCUT2D eigenvalue weighted by molar-refractivity contribution is 0.187. The number of hydrogen-bond donors (Lipinski definition) is 1. The first-order chi connectivity index (χ1) is 9.86. The largest absolute Gasteiger partial charge is 0.313 e. The molecule has 0 amide bonds. The van der Waals surface area contributed by atoms with Crippen molar-refractivity contribution in [1.29, 1.82) is 0 Å². The van der Waals surface area contributed by atoms with Crippen molar-refractivity contribution in [3.8, 4) is 0 Å². The van der Waals surface area contributed by atoms with Crippen LogP contribution in [-0.4, -0.2) is 37.1 Å². The minimum absolute atomic E-state index is 0.762. The van der Waals surface area contributed by atoms with Crippen molar-refractivity contribution in [2.45, 2.75) is 90.5 Å². The molecular formula is C18H38N2. The van der Waals surface area contributed by atoms with E-state index >= 15 is 0 Å². The lowest BCUT2D eigenvalue weighted by Gasteiger charge is -2.33. The van der Waals surface area contributed by atoms with Crippen LogP contribution in [0.5, 0.6) is 0 Å². The summed E-state index contributed by atoms with van der Waals surface area (Å²) in [5, 5.41) is 3.69. The lowest BCUT2D eigenvalue weighted by atomic mass is 10.0. The number of nitrogens with one attached hydrogen (secondary N) is 1. The monoisotopic (exact) mass is 282 g/mol. The second-order valence-corrected chi connectivity index (χ2v) is 6.57. The predicted molar refractivity (Wildman–Crippen MR) is 90.4 cm³/mol. The van der Waals surface area contributed by atoms with Crippen molar-refractivity contribution in [2.24, 2.45) is 0 Å². The van der Waals surface area contributed by atoms with Gasteiger partial charge in [0.15, 0.2) is 0 Å². The van der Waals surface area contributed by atoms with Gasteiger partial charge in [-0.1, -0.05) is 58.8 Å². The lowest BCUT2D eigenvalue weighted by Crippen LogP contribution is -2.46. The molecule has 0 saturated carbocycles. The van der Waals surface area contributed by atoms with E-state index < -0.39 is 0 Å². The molecule has 0 aromatic rings. The Hall–Kier alpha value is -0.0800. The minimum atomic E-state index is 0.762. The van der Waals surface area contributed by atoms with Crippen LogP contribution in [0.15, 0.2) is 0 Å². The van der Waals surface area contributed by atoms with Crippen LogP contribution in [0.4, 0.5) is 0 Å². The van der Waals surface area contributed by atoms with E-state index in [9.17, 15) is 0 Å². The predicted octanol–water partition coefficient (Wildman–Crippen LogP) is 4.59. The molecule has 1 saturated heterocycles. The van der Waals surface area contributed by atoms with Crippen LogP contribution in [0.3, 0.4) is 0 Å². The topological polar surface area (TPSA) is 15.3 Å². The van der Waals surface area contributed by atoms with Gasteiger partial charge in [0.25, 0.3) is 0 Å². The normalized spacial score (nSPS) is 20.4. The van der Waals surface area contributed by atoms with Gasteiger partial charge >= 0.3 is 0 Å². The van der Waals surface area contributed by atoms with Gasteiger partial charge in [0.2, 0.25) is 0 Å². The summed E-state index contributed by atoms with van der Waals surface area (Å²) in [4.78, 5) is 2.69. The maximum absolute atomic E-state index is 3.69. The highest BCUT2D eigenvalue weighted by Gasteiger charge is 2.18. The minimum Gasteiger partial charge on any atom is -0.313 e. The molecule has 1 fully saturated rings. The summed E-state index contributed by atoms with van der Waals surface area (Å²) in [6.45, 7) is 9.70. The van der Waals surface area contributed by atoms with Gasteiger partial charge in [0, 0.05) is 12.6 Å². The van der Waals surface area contributed by atoms with Crippen LogP contribution in [0, 0.1) is 0 Å². The molecule has 120 valence electrons. The summed E-state index contributed by atoms with van der Waals surface area (Å²) < 4.78 is 0. The zero-order valence-corrected chi connectivity index (χ0v) is 14.1. The fourth-order valence-electron chi connectivity index (χ4n) is 3.24. The average Bonchev–Trinajstić information content (AvgIpc) is 2.48. The number of hydrogen-bond acceptors (Lipinski definition) is 2. The first-order valence-corrected chi connectivity index (χ1v) is 9.32. The van der Waals surface area contributed by atoms with E-state index in [0.29, 0.717) is 0 Å². The third-order valence-corrected chi connectivity index (χ3v) is 4.52. The van der Waals surface area contributed by atoms with E-state index in [2.05, 4.69) is 24.1 Å². The van der Waals surface area contributed by atoms with Crippen LogP contribution in [0.25, 0.3) is 0 Å².